The summed E-state index contributed by atoms with van der Waals surface area (Å²) in [6.07, 6.45) is 1.49. The van der Waals surface area contributed by atoms with E-state index in [1.165, 1.54) is 6.33 Å². The zero-order valence-corrected chi connectivity index (χ0v) is 13.0. The Morgan fingerprint density at radius 2 is 2.10 bits per heavy atom. The molecule has 1 aromatic carbocycles. The van der Waals surface area contributed by atoms with Crippen molar-refractivity contribution in [3.05, 3.63) is 46.8 Å². The van der Waals surface area contributed by atoms with E-state index in [4.69, 9.17) is 4.74 Å². The van der Waals surface area contributed by atoms with E-state index in [0.29, 0.717) is 18.9 Å². The molecule has 0 aliphatic carbocycles. The molecule has 6 nitrogen and oxygen atoms in total. The topological polar surface area (TPSA) is 64.3 Å². The van der Waals surface area contributed by atoms with E-state index in [0.717, 1.165) is 21.7 Å². The average Bonchev–Trinajstić information content (AvgIpc) is 2.93. The molecule has 21 heavy (non-hydrogen) atoms. The second kappa shape index (κ2) is 6.09. The largest absolute Gasteiger partial charge is 0.492 e. The summed E-state index contributed by atoms with van der Waals surface area (Å²) in [5.74, 6) is 2.29. The third-order valence-electron chi connectivity index (χ3n) is 2.87. The highest BCUT2D eigenvalue weighted by Gasteiger charge is 2.04. The van der Waals surface area contributed by atoms with Gasteiger partial charge in [0.05, 0.1) is 6.54 Å². The van der Waals surface area contributed by atoms with E-state index in [2.05, 4.69) is 36.3 Å². The first-order valence-corrected chi connectivity index (χ1v) is 7.31. The Morgan fingerprint density at radius 3 is 2.90 bits per heavy atom. The lowest BCUT2D eigenvalue weighted by Gasteiger charge is -2.10. The summed E-state index contributed by atoms with van der Waals surface area (Å²) < 4.78 is 8.37. The van der Waals surface area contributed by atoms with Crippen molar-refractivity contribution >= 4 is 27.5 Å². The maximum absolute atomic E-state index is 5.66. The number of hydrogen-bond donors (Lipinski definition) is 1. The van der Waals surface area contributed by atoms with Crippen LogP contribution in [0.3, 0.4) is 0 Å². The molecule has 3 aromatic rings. The number of halogens is 1. The van der Waals surface area contributed by atoms with Crippen LogP contribution in [0, 0.1) is 6.92 Å². The van der Waals surface area contributed by atoms with E-state index in [9.17, 15) is 0 Å². The smallest absolute Gasteiger partial charge is 0.254 e. The first-order chi connectivity index (χ1) is 10.2. The normalized spacial score (nSPS) is 10.8. The Hall–Kier alpha value is -2.15. The lowest BCUT2D eigenvalue weighted by molar-refractivity contribution is 0.332. The van der Waals surface area contributed by atoms with Crippen LogP contribution in [0.1, 0.15) is 5.69 Å². The van der Waals surface area contributed by atoms with Gasteiger partial charge in [0.2, 0.25) is 0 Å². The maximum Gasteiger partial charge on any atom is 0.254 e. The molecule has 0 aliphatic heterocycles. The number of benzene rings is 1. The fraction of sp³-hybridized carbons (Fsp3) is 0.214. The van der Waals surface area contributed by atoms with Crippen molar-refractivity contribution in [2.75, 3.05) is 18.5 Å². The summed E-state index contributed by atoms with van der Waals surface area (Å²) in [4.78, 5) is 8.38. The molecule has 2 aromatic heterocycles. The molecular weight excluding hydrogens is 334 g/mol. The average molecular weight is 348 g/mol. The van der Waals surface area contributed by atoms with E-state index >= 15 is 0 Å². The van der Waals surface area contributed by atoms with E-state index < -0.39 is 0 Å². The number of ether oxygens (including phenoxy) is 1. The van der Waals surface area contributed by atoms with Gasteiger partial charge in [0.1, 0.15) is 24.5 Å². The van der Waals surface area contributed by atoms with Crippen LogP contribution in [-0.4, -0.2) is 32.7 Å². The standard InChI is InChI=1S/C14H14BrN5O/c1-10-8-13(20-14(19-10)17-9-18-20)16-6-7-21-12-4-2-11(15)3-5-12/h2-5,8-9,16H,6-7H2,1H3. The first kappa shape index (κ1) is 13.8. The monoisotopic (exact) mass is 347 g/mol. The summed E-state index contributed by atoms with van der Waals surface area (Å²) in [6, 6.07) is 9.69. The van der Waals surface area contributed by atoms with Crippen LogP contribution in [-0.2, 0) is 0 Å². The Morgan fingerprint density at radius 1 is 1.29 bits per heavy atom. The number of hydrogen-bond acceptors (Lipinski definition) is 5. The quantitative estimate of drug-likeness (QED) is 0.719. The summed E-state index contributed by atoms with van der Waals surface area (Å²) in [5, 5.41) is 7.42. The highest BCUT2D eigenvalue weighted by molar-refractivity contribution is 9.10. The second-order valence-corrected chi connectivity index (χ2v) is 5.40. The Labute approximate surface area is 130 Å². The van der Waals surface area contributed by atoms with Gasteiger partial charge in [-0.25, -0.2) is 4.98 Å². The zero-order chi connectivity index (χ0) is 14.7. The molecule has 0 atom stereocenters. The van der Waals surface area contributed by atoms with Crippen molar-refractivity contribution < 1.29 is 4.74 Å². The van der Waals surface area contributed by atoms with Gasteiger partial charge in [0, 0.05) is 16.2 Å². The molecule has 0 saturated carbocycles. The molecule has 0 aliphatic rings. The molecule has 0 bridgehead atoms. The molecule has 7 heteroatoms. The van der Waals surface area contributed by atoms with Crippen LogP contribution in [0.25, 0.3) is 5.78 Å². The molecule has 0 saturated heterocycles. The van der Waals surface area contributed by atoms with Crippen LogP contribution >= 0.6 is 15.9 Å². The van der Waals surface area contributed by atoms with Crippen LogP contribution in [0.4, 0.5) is 5.82 Å². The third-order valence-corrected chi connectivity index (χ3v) is 3.40. The summed E-state index contributed by atoms with van der Waals surface area (Å²) in [5.41, 5.74) is 0.895. The SMILES string of the molecule is Cc1cc(NCCOc2ccc(Br)cc2)n2ncnc2n1. The van der Waals surface area contributed by atoms with Crippen molar-refractivity contribution in [3.8, 4) is 5.75 Å². The lowest BCUT2D eigenvalue weighted by atomic mass is 10.3. The Balaban J connectivity index is 1.59. The van der Waals surface area contributed by atoms with Crippen LogP contribution in [0.5, 0.6) is 5.75 Å². The number of fused-ring (bicyclic) bond motifs is 1. The number of rotatable bonds is 5. The minimum absolute atomic E-state index is 0.555. The van der Waals surface area contributed by atoms with E-state index in [-0.39, 0.29) is 0 Å². The molecular formula is C14H14BrN5O. The van der Waals surface area contributed by atoms with Gasteiger partial charge in [-0.15, -0.1) is 0 Å². The van der Waals surface area contributed by atoms with Crippen LogP contribution in [0.2, 0.25) is 0 Å². The molecule has 2 heterocycles. The van der Waals surface area contributed by atoms with Gasteiger partial charge in [-0.1, -0.05) is 15.9 Å². The molecule has 3 rings (SSSR count). The number of aromatic nitrogens is 4. The number of aryl methyl sites for hydroxylation is 1. The lowest BCUT2D eigenvalue weighted by Crippen LogP contribution is -2.14. The molecule has 1 N–H and O–H groups in total. The molecule has 0 spiro atoms. The minimum atomic E-state index is 0.555. The van der Waals surface area contributed by atoms with E-state index in [1.807, 2.05) is 37.3 Å². The summed E-state index contributed by atoms with van der Waals surface area (Å²) >= 11 is 3.39. The summed E-state index contributed by atoms with van der Waals surface area (Å²) in [6.45, 7) is 3.14. The first-order valence-electron chi connectivity index (χ1n) is 6.52. The number of anilines is 1. The fourth-order valence-electron chi connectivity index (χ4n) is 1.94. The predicted octanol–water partition coefficient (Wildman–Crippen LogP) is 2.69. The minimum Gasteiger partial charge on any atom is -0.492 e. The number of nitrogens with one attached hydrogen (secondary N) is 1. The van der Waals surface area contributed by atoms with Crippen LogP contribution in [0.15, 0.2) is 41.1 Å². The van der Waals surface area contributed by atoms with Gasteiger partial charge < -0.3 is 10.1 Å². The Kier molecular flexibility index (Phi) is 4.01. The predicted molar refractivity (Wildman–Crippen MR) is 83.6 cm³/mol. The fourth-order valence-corrected chi connectivity index (χ4v) is 2.20. The molecule has 0 amide bonds. The van der Waals surface area contributed by atoms with Gasteiger partial charge in [0.15, 0.2) is 0 Å². The van der Waals surface area contributed by atoms with E-state index in [1.54, 1.807) is 4.52 Å². The maximum atomic E-state index is 5.66. The second-order valence-electron chi connectivity index (χ2n) is 4.48. The molecule has 0 fully saturated rings. The molecule has 0 unspecified atom stereocenters. The highest BCUT2D eigenvalue weighted by atomic mass is 79.9. The highest BCUT2D eigenvalue weighted by Crippen LogP contribution is 2.16. The number of nitrogens with zero attached hydrogens (tertiary/aromatic N) is 4. The van der Waals surface area contributed by atoms with Gasteiger partial charge in [-0.3, -0.25) is 0 Å². The Bertz CT molecular complexity index is 741. The van der Waals surface area contributed by atoms with Gasteiger partial charge in [-0.05, 0) is 31.2 Å². The van der Waals surface area contributed by atoms with Crippen molar-refractivity contribution in [3.63, 3.8) is 0 Å². The van der Waals surface area contributed by atoms with Crippen molar-refractivity contribution in [1.82, 2.24) is 19.6 Å². The van der Waals surface area contributed by atoms with Crippen molar-refractivity contribution in [1.29, 1.82) is 0 Å². The van der Waals surface area contributed by atoms with Gasteiger partial charge in [-0.2, -0.15) is 14.6 Å². The van der Waals surface area contributed by atoms with Crippen LogP contribution < -0.4 is 10.1 Å². The van der Waals surface area contributed by atoms with Crippen molar-refractivity contribution in [2.45, 2.75) is 6.92 Å². The van der Waals surface area contributed by atoms with Gasteiger partial charge >= 0.3 is 0 Å². The summed E-state index contributed by atoms with van der Waals surface area (Å²) in [7, 11) is 0. The molecule has 108 valence electrons. The van der Waals surface area contributed by atoms with Crippen molar-refractivity contribution in [2.24, 2.45) is 0 Å². The third kappa shape index (κ3) is 3.30. The zero-order valence-electron chi connectivity index (χ0n) is 11.5. The van der Waals surface area contributed by atoms with Gasteiger partial charge in [0.25, 0.3) is 5.78 Å². The molecule has 0 radical (unpaired) electrons.